The van der Waals surface area contributed by atoms with E-state index in [2.05, 4.69) is 31.8 Å². The summed E-state index contributed by atoms with van der Waals surface area (Å²) in [7, 11) is 0. The van der Waals surface area contributed by atoms with Crippen molar-refractivity contribution in [1.82, 2.24) is 24.9 Å². The normalized spacial score (nSPS) is 22.5. The Morgan fingerprint density at radius 1 is 1.18 bits per heavy atom. The van der Waals surface area contributed by atoms with Crippen molar-refractivity contribution in [2.24, 2.45) is 5.92 Å². The van der Waals surface area contributed by atoms with Crippen LogP contribution in [0.3, 0.4) is 0 Å². The molecule has 6 heteroatoms. The largest absolute Gasteiger partial charge is 0.334 e. The Morgan fingerprint density at radius 2 is 2.07 bits per heavy atom. The van der Waals surface area contributed by atoms with Gasteiger partial charge in [-0.15, -0.1) is 0 Å². The Bertz CT molecular complexity index is 711. The molecule has 0 spiro atoms. The highest BCUT2D eigenvalue weighted by molar-refractivity contribution is 5.50. The van der Waals surface area contributed by atoms with E-state index in [1.54, 1.807) is 12.4 Å². The molecule has 0 N–H and O–H groups in total. The van der Waals surface area contributed by atoms with Gasteiger partial charge in [-0.3, -0.25) is 4.98 Å². The third-order valence-electron chi connectivity index (χ3n) is 6.32. The van der Waals surface area contributed by atoms with Crippen LogP contribution in [-0.4, -0.2) is 63.7 Å². The van der Waals surface area contributed by atoms with Gasteiger partial charge in [-0.1, -0.05) is 12.1 Å². The Labute approximate surface area is 168 Å². The smallest absolute Gasteiger partial charge is 0.259 e. The van der Waals surface area contributed by atoms with Crippen LogP contribution in [0.5, 0.6) is 0 Å². The van der Waals surface area contributed by atoms with E-state index in [4.69, 9.17) is 4.52 Å². The van der Waals surface area contributed by atoms with Gasteiger partial charge >= 0.3 is 0 Å². The molecular weight excluding hydrogens is 350 g/mol. The molecular formula is C22H33N5O. The highest BCUT2D eigenvalue weighted by Crippen LogP contribution is 2.26. The molecule has 2 saturated heterocycles. The Hall–Kier alpha value is -1.79. The Balaban J connectivity index is 1.25. The molecule has 0 saturated carbocycles. The van der Waals surface area contributed by atoms with E-state index in [0.29, 0.717) is 5.89 Å². The maximum absolute atomic E-state index is 5.42. The lowest BCUT2D eigenvalue weighted by Gasteiger charge is -2.42. The summed E-state index contributed by atoms with van der Waals surface area (Å²) in [5.41, 5.74) is 0.888. The van der Waals surface area contributed by atoms with Gasteiger partial charge in [-0.05, 0) is 82.8 Å². The number of hydrogen-bond acceptors (Lipinski definition) is 6. The highest BCUT2D eigenvalue weighted by atomic mass is 16.5. The predicted octanol–water partition coefficient (Wildman–Crippen LogP) is 3.65. The Kier molecular flexibility index (Phi) is 6.70. The van der Waals surface area contributed by atoms with E-state index in [-0.39, 0.29) is 0 Å². The van der Waals surface area contributed by atoms with E-state index >= 15 is 0 Å². The molecule has 1 unspecified atom stereocenters. The maximum Gasteiger partial charge on any atom is 0.259 e. The minimum atomic E-state index is 0.576. The molecule has 0 aliphatic carbocycles. The van der Waals surface area contributed by atoms with Crippen LogP contribution >= 0.6 is 0 Å². The molecule has 152 valence electrons. The number of aromatic nitrogens is 3. The maximum atomic E-state index is 5.42. The number of likely N-dealkylation sites (tertiary alicyclic amines) is 2. The summed E-state index contributed by atoms with van der Waals surface area (Å²) in [6, 6.07) is 4.63. The minimum absolute atomic E-state index is 0.576. The summed E-state index contributed by atoms with van der Waals surface area (Å²) < 4.78 is 5.42. The average Bonchev–Trinajstić information content (AvgIpc) is 3.23. The number of rotatable bonds is 7. The molecule has 2 fully saturated rings. The highest BCUT2D eigenvalue weighted by Gasteiger charge is 2.28. The Morgan fingerprint density at radius 3 is 2.86 bits per heavy atom. The number of piperidine rings is 2. The summed E-state index contributed by atoms with van der Waals surface area (Å²) in [5, 5.41) is 4.18. The van der Waals surface area contributed by atoms with Gasteiger partial charge < -0.3 is 14.3 Å². The number of hydrogen-bond donors (Lipinski definition) is 0. The van der Waals surface area contributed by atoms with Gasteiger partial charge in [0.1, 0.15) is 0 Å². The average molecular weight is 384 g/mol. The standard InChI is InChI=1S/C22H33N5O/c1-2-12-26-14-9-20(10-15-26)27-13-4-5-18(17-27)7-8-21-24-22(28-25-21)19-6-3-11-23-16-19/h3,6,11,16,18,20H,2,4-5,7-10,12-15,17H2,1H3. The van der Waals surface area contributed by atoms with Crippen LogP contribution in [0.1, 0.15) is 51.3 Å². The zero-order chi connectivity index (χ0) is 19.2. The number of nitrogens with zero attached hydrogens (tertiary/aromatic N) is 5. The zero-order valence-corrected chi connectivity index (χ0v) is 17.1. The van der Waals surface area contributed by atoms with Crippen LogP contribution in [0.4, 0.5) is 0 Å². The first-order chi connectivity index (χ1) is 13.8. The molecule has 2 aliphatic heterocycles. The first-order valence-electron chi connectivity index (χ1n) is 11.0. The minimum Gasteiger partial charge on any atom is -0.334 e. The summed E-state index contributed by atoms with van der Waals surface area (Å²) in [6.07, 6.45) is 12.2. The van der Waals surface area contributed by atoms with E-state index in [1.807, 2.05) is 12.1 Å². The van der Waals surface area contributed by atoms with E-state index in [1.165, 1.54) is 64.8 Å². The van der Waals surface area contributed by atoms with Crippen molar-refractivity contribution in [2.45, 2.75) is 57.9 Å². The van der Waals surface area contributed by atoms with Gasteiger partial charge in [-0.25, -0.2) is 0 Å². The summed E-state index contributed by atoms with van der Waals surface area (Å²) in [6.45, 7) is 8.62. The third-order valence-corrected chi connectivity index (χ3v) is 6.32. The molecule has 0 bridgehead atoms. The van der Waals surface area contributed by atoms with E-state index in [9.17, 15) is 0 Å². The molecule has 28 heavy (non-hydrogen) atoms. The first kappa shape index (κ1) is 19.5. The predicted molar refractivity (Wildman–Crippen MR) is 110 cm³/mol. The van der Waals surface area contributed by atoms with Crippen molar-refractivity contribution in [1.29, 1.82) is 0 Å². The van der Waals surface area contributed by atoms with Crippen molar-refractivity contribution in [2.75, 3.05) is 32.7 Å². The van der Waals surface area contributed by atoms with Crippen LogP contribution in [0.15, 0.2) is 29.0 Å². The molecule has 1 atom stereocenters. The molecule has 2 aromatic rings. The topological polar surface area (TPSA) is 58.3 Å². The van der Waals surface area contributed by atoms with Crippen molar-refractivity contribution in [3.05, 3.63) is 30.4 Å². The second-order valence-electron chi connectivity index (χ2n) is 8.37. The monoisotopic (exact) mass is 383 g/mol. The fourth-order valence-corrected chi connectivity index (χ4v) is 4.78. The van der Waals surface area contributed by atoms with Crippen LogP contribution in [0.2, 0.25) is 0 Å². The van der Waals surface area contributed by atoms with Gasteiger partial charge in [0, 0.05) is 31.4 Å². The van der Waals surface area contributed by atoms with E-state index < -0.39 is 0 Å². The molecule has 4 rings (SSSR count). The van der Waals surface area contributed by atoms with Gasteiger partial charge in [0.15, 0.2) is 5.82 Å². The first-order valence-corrected chi connectivity index (χ1v) is 11.0. The molecule has 0 amide bonds. The fraction of sp³-hybridized carbons (Fsp3) is 0.682. The van der Waals surface area contributed by atoms with Crippen molar-refractivity contribution < 1.29 is 4.52 Å². The van der Waals surface area contributed by atoms with Crippen molar-refractivity contribution in [3.63, 3.8) is 0 Å². The second kappa shape index (κ2) is 9.61. The summed E-state index contributed by atoms with van der Waals surface area (Å²) in [4.78, 5) is 14.1. The van der Waals surface area contributed by atoms with Gasteiger partial charge in [0.2, 0.25) is 0 Å². The third kappa shape index (κ3) is 4.97. The lowest BCUT2D eigenvalue weighted by molar-refractivity contribution is 0.0695. The molecule has 6 nitrogen and oxygen atoms in total. The molecule has 0 aromatic carbocycles. The molecule has 2 aromatic heterocycles. The molecule has 0 radical (unpaired) electrons. The van der Waals surface area contributed by atoms with Gasteiger partial charge in [0.05, 0.1) is 5.56 Å². The van der Waals surface area contributed by atoms with Crippen LogP contribution < -0.4 is 0 Å². The van der Waals surface area contributed by atoms with Crippen LogP contribution in [-0.2, 0) is 6.42 Å². The lowest BCUT2D eigenvalue weighted by Crippen LogP contribution is -2.48. The molecule has 4 heterocycles. The lowest BCUT2D eigenvalue weighted by atomic mass is 9.90. The number of aryl methyl sites for hydroxylation is 1. The molecule has 2 aliphatic rings. The van der Waals surface area contributed by atoms with Crippen LogP contribution in [0, 0.1) is 5.92 Å². The second-order valence-corrected chi connectivity index (χ2v) is 8.37. The zero-order valence-electron chi connectivity index (χ0n) is 17.1. The SMILES string of the molecule is CCCN1CCC(N2CCCC(CCc3noc(-c4cccnc4)n3)C2)CC1. The van der Waals surface area contributed by atoms with E-state index in [0.717, 1.165) is 36.2 Å². The summed E-state index contributed by atoms with van der Waals surface area (Å²) >= 11 is 0. The van der Waals surface area contributed by atoms with Crippen LogP contribution in [0.25, 0.3) is 11.5 Å². The number of pyridine rings is 1. The summed E-state index contributed by atoms with van der Waals surface area (Å²) in [5.74, 6) is 2.15. The van der Waals surface area contributed by atoms with Gasteiger partial charge in [0.25, 0.3) is 5.89 Å². The van der Waals surface area contributed by atoms with Gasteiger partial charge in [-0.2, -0.15) is 4.98 Å². The quantitative estimate of drug-likeness (QED) is 0.727. The van der Waals surface area contributed by atoms with Crippen molar-refractivity contribution in [3.8, 4) is 11.5 Å². The fourth-order valence-electron chi connectivity index (χ4n) is 4.78. The van der Waals surface area contributed by atoms with Crippen molar-refractivity contribution >= 4 is 0 Å².